The Morgan fingerprint density at radius 3 is 2.35 bits per heavy atom. The zero-order chi connectivity index (χ0) is 14.8. The molecule has 0 amide bonds. The molecule has 0 fully saturated rings. The summed E-state index contributed by atoms with van der Waals surface area (Å²) in [4.78, 5) is 1.19. The van der Waals surface area contributed by atoms with E-state index in [9.17, 15) is 13.2 Å². The highest BCUT2D eigenvalue weighted by molar-refractivity contribution is 7.99. The van der Waals surface area contributed by atoms with Crippen molar-refractivity contribution in [2.45, 2.75) is 22.6 Å². The largest absolute Gasteiger partial charge is 0.416 e. The molecular formula is C14H10ClF3OS. The molecule has 0 unspecified atom stereocenters. The summed E-state index contributed by atoms with van der Waals surface area (Å²) in [6.07, 6.45) is -4.35. The van der Waals surface area contributed by atoms with Crippen LogP contribution in [0.25, 0.3) is 0 Å². The van der Waals surface area contributed by atoms with E-state index in [2.05, 4.69) is 0 Å². The minimum absolute atomic E-state index is 0.173. The van der Waals surface area contributed by atoms with Gasteiger partial charge in [-0.15, -0.1) is 0 Å². The first-order chi connectivity index (χ1) is 9.40. The molecule has 0 aliphatic rings. The van der Waals surface area contributed by atoms with E-state index in [1.165, 1.54) is 17.8 Å². The maximum Gasteiger partial charge on any atom is 0.416 e. The van der Waals surface area contributed by atoms with Crippen LogP contribution in [0.15, 0.2) is 52.3 Å². The van der Waals surface area contributed by atoms with Crippen LogP contribution in [0.1, 0.15) is 11.1 Å². The Morgan fingerprint density at radius 2 is 1.75 bits per heavy atom. The minimum atomic E-state index is -4.35. The Balaban J connectivity index is 2.24. The average Bonchev–Trinajstić information content (AvgIpc) is 2.38. The van der Waals surface area contributed by atoms with E-state index in [0.717, 1.165) is 12.1 Å². The van der Waals surface area contributed by atoms with E-state index in [1.54, 1.807) is 24.3 Å². The van der Waals surface area contributed by atoms with Gasteiger partial charge < -0.3 is 5.11 Å². The van der Waals surface area contributed by atoms with Gasteiger partial charge >= 0.3 is 6.18 Å². The van der Waals surface area contributed by atoms with Crippen molar-refractivity contribution >= 4 is 23.4 Å². The fraction of sp³-hybridized carbons (Fsp3) is 0.143. The number of hydrogen-bond acceptors (Lipinski definition) is 2. The summed E-state index contributed by atoms with van der Waals surface area (Å²) in [7, 11) is 0. The zero-order valence-electron chi connectivity index (χ0n) is 10.1. The van der Waals surface area contributed by atoms with Gasteiger partial charge in [0, 0.05) is 14.8 Å². The zero-order valence-corrected chi connectivity index (χ0v) is 11.7. The lowest BCUT2D eigenvalue weighted by Crippen LogP contribution is -2.04. The van der Waals surface area contributed by atoms with E-state index >= 15 is 0 Å². The fourth-order valence-corrected chi connectivity index (χ4v) is 2.81. The van der Waals surface area contributed by atoms with Gasteiger partial charge in [-0.25, -0.2) is 0 Å². The number of alkyl halides is 3. The van der Waals surface area contributed by atoms with Crippen LogP contribution in [0.2, 0.25) is 5.02 Å². The van der Waals surface area contributed by atoms with Gasteiger partial charge in [0.2, 0.25) is 0 Å². The molecule has 106 valence electrons. The lowest BCUT2D eigenvalue weighted by molar-refractivity contribution is -0.137. The van der Waals surface area contributed by atoms with Gasteiger partial charge in [0.1, 0.15) is 0 Å². The lowest BCUT2D eigenvalue weighted by Gasteiger charge is -2.09. The van der Waals surface area contributed by atoms with Crippen LogP contribution in [0, 0.1) is 0 Å². The van der Waals surface area contributed by atoms with Crippen molar-refractivity contribution in [2.24, 2.45) is 0 Å². The number of aliphatic hydroxyl groups is 1. The maximum atomic E-state index is 12.6. The van der Waals surface area contributed by atoms with Gasteiger partial charge in [0.05, 0.1) is 12.2 Å². The quantitative estimate of drug-likeness (QED) is 0.859. The van der Waals surface area contributed by atoms with Crippen molar-refractivity contribution in [2.75, 3.05) is 0 Å². The summed E-state index contributed by atoms with van der Waals surface area (Å²) in [5.41, 5.74) is -0.0966. The second-order valence-corrected chi connectivity index (χ2v) is 5.59. The molecule has 0 heterocycles. The summed E-state index contributed by atoms with van der Waals surface area (Å²) >= 11 is 7.13. The first kappa shape index (κ1) is 15.2. The molecule has 0 radical (unpaired) electrons. The third-order valence-electron chi connectivity index (χ3n) is 2.59. The van der Waals surface area contributed by atoms with E-state index < -0.39 is 11.7 Å². The minimum Gasteiger partial charge on any atom is -0.392 e. The second kappa shape index (κ2) is 6.08. The molecule has 0 bridgehead atoms. The smallest absolute Gasteiger partial charge is 0.392 e. The molecule has 1 N–H and O–H groups in total. The normalized spacial score (nSPS) is 11.7. The van der Waals surface area contributed by atoms with E-state index in [0.29, 0.717) is 20.4 Å². The fourth-order valence-electron chi connectivity index (χ4n) is 1.59. The van der Waals surface area contributed by atoms with Crippen LogP contribution < -0.4 is 0 Å². The first-order valence-corrected chi connectivity index (χ1v) is 6.84. The van der Waals surface area contributed by atoms with Gasteiger partial charge in [-0.2, -0.15) is 13.2 Å². The van der Waals surface area contributed by atoms with Crippen LogP contribution in [0.5, 0.6) is 0 Å². The molecule has 6 heteroatoms. The van der Waals surface area contributed by atoms with Gasteiger partial charge in [-0.1, -0.05) is 35.5 Å². The van der Waals surface area contributed by atoms with E-state index in [-0.39, 0.29) is 6.61 Å². The van der Waals surface area contributed by atoms with Crippen molar-refractivity contribution < 1.29 is 18.3 Å². The highest BCUT2D eigenvalue weighted by atomic mass is 35.5. The van der Waals surface area contributed by atoms with Crippen LogP contribution in [0.4, 0.5) is 13.2 Å². The number of aliphatic hydroxyl groups excluding tert-OH is 1. The molecular weight excluding hydrogens is 309 g/mol. The molecule has 0 aliphatic heterocycles. The molecule has 0 saturated carbocycles. The SMILES string of the molecule is OCc1ccc(Sc2cccc(C(F)(F)F)c2)cc1Cl. The number of hydrogen-bond donors (Lipinski definition) is 1. The molecule has 2 rings (SSSR count). The Labute approximate surface area is 123 Å². The Kier molecular flexibility index (Phi) is 4.62. The molecule has 0 saturated heterocycles. The molecule has 0 aromatic heterocycles. The van der Waals surface area contributed by atoms with E-state index in [4.69, 9.17) is 16.7 Å². The summed E-state index contributed by atoms with van der Waals surface area (Å²) in [5.74, 6) is 0. The lowest BCUT2D eigenvalue weighted by atomic mass is 10.2. The van der Waals surface area contributed by atoms with Crippen LogP contribution >= 0.6 is 23.4 Å². The Bertz CT molecular complexity index is 614. The number of benzene rings is 2. The number of halogens is 4. The van der Waals surface area contributed by atoms with Crippen molar-refractivity contribution in [1.82, 2.24) is 0 Å². The highest BCUT2D eigenvalue weighted by Gasteiger charge is 2.30. The van der Waals surface area contributed by atoms with Gasteiger partial charge in [-0.05, 0) is 35.9 Å². The molecule has 0 atom stereocenters. The molecule has 1 nitrogen and oxygen atoms in total. The molecule has 20 heavy (non-hydrogen) atoms. The second-order valence-electron chi connectivity index (χ2n) is 4.04. The molecule has 0 aliphatic carbocycles. The summed E-state index contributed by atoms with van der Waals surface area (Å²) in [5, 5.41) is 9.40. The van der Waals surface area contributed by atoms with Crippen molar-refractivity contribution in [3.05, 3.63) is 58.6 Å². The van der Waals surface area contributed by atoms with Crippen molar-refractivity contribution in [3.8, 4) is 0 Å². The van der Waals surface area contributed by atoms with Gasteiger partial charge in [0.15, 0.2) is 0 Å². The summed E-state index contributed by atoms with van der Waals surface area (Å²) in [6.45, 7) is -0.173. The van der Waals surface area contributed by atoms with Crippen LogP contribution in [0.3, 0.4) is 0 Å². The third-order valence-corrected chi connectivity index (χ3v) is 3.92. The predicted octanol–water partition coefficient (Wildman–Crippen LogP) is 5.00. The van der Waals surface area contributed by atoms with E-state index in [1.807, 2.05) is 0 Å². The van der Waals surface area contributed by atoms with Crippen molar-refractivity contribution in [3.63, 3.8) is 0 Å². The standard InChI is InChI=1S/C14H10ClF3OS/c15-13-7-12(5-4-9(13)8-19)20-11-3-1-2-10(6-11)14(16,17)18/h1-7,19H,8H2. The van der Waals surface area contributed by atoms with Crippen LogP contribution in [-0.2, 0) is 12.8 Å². The topological polar surface area (TPSA) is 20.2 Å². The van der Waals surface area contributed by atoms with Crippen molar-refractivity contribution in [1.29, 1.82) is 0 Å². The van der Waals surface area contributed by atoms with Gasteiger partial charge in [-0.3, -0.25) is 0 Å². The summed E-state index contributed by atoms with van der Waals surface area (Å²) < 4.78 is 37.8. The number of rotatable bonds is 3. The predicted molar refractivity (Wildman–Crippen MR) is 72.9 cm³/mol. The van der Waals surface area contributed by atoms with Crippen LogP contribution in [-0.4, -0.2) is 5.11 Å². The molecule has 0 spiro atoms. The summed E-state index contributed by atoms with van der Waals surface area (Å²) in [6, 6.07) is 10.1. The highest BCUT2D eigenvalue weighted by Crippen LogP contribution is 2.35. The average molecular weight is 319 g/mol. The third kappa shape index (κ3) is 3.69. The first-order valence-electron chi connectivity index (χ1n) is 5.64. The Hall–Kier alpha value is -1.17. The monoisotopic (exact) mass is 318 g/mol. The Morgan fingerprint density at radius 1 is 1.05 bits per heavy atom. The van der Waals surface area contributed by atoms with Gasteiger partial charge in [0.25, 0.3) is 0 Å². The molecule has 2 aromatic carbocycles. The maximum absolute atomic E-state index is 12.6. The molecule has 2 aromatic rings.